The van der Waals surface area contributed by atoms with Crippen molar-refractivity contribution in [3.63, 3.8) is 0 Å². The Morgan fingerprint density at radius 2 is 1.76 bits per heavy atom. The fourth-order valence-electron chi connectivity index (χ4n) is 2.89. The molecule has 1 fully saturated rings. The number of halogens is 1. The minimum Gasteiger partial charge on any atom is -0.337 e. The van der Waals surface area contributed by atoms with Crippen molar-refractivity contribution in [2.45, 2.75) is 50.5 Å². The maximum absolute atomic E-state index is 6.50. The lowest BCUT2D eigenvalue weighted by molar-refractivity contribution is 0.256. The number of hydrogen-bond acceptors (Lipinski definition) is 4. The lowest BCUT2D eigenvalue weighted by Gasteiger charge is -2.22. The van der Waals surface area contributed by atoms with Gasteiger partial charge in [0.1, 0.15) is 0 Å². The third kappa shape index (κ3) is 3.52. The zero-order valence-corrected chi connectivity index (χ0v) is 13.6. The van der Waals surface area contributed by atoms with Crippen LogP contribution in [0.1, 0.15) is 55.8 Å². The highest BCUT2D eigenvalue weighted by atomic mass is 79.9. The number of nitrogens with two attached hydrogens (primary N) is 1. The number of hydrogen-bond donors (Lipinski definition) is 1. The molecule has 0 aliphatic heterocycles. The van der Waals surface area contributed by atoms with Crippen LogP contribution in [0, 0.1) is 0 Å². The van der Waals surface area contributed by atoms with Crippen LogP contribution in [0.5, 0.6) is 0 Å². The molecule has 112 valence electrons. The van der Waals surface area contributed by atoms with Crippen LogP contribution in [-0.4, -0.2) is 10.1 Å². The second-order valence-electron chi connectivity index (χ2n) is 5.89. The van der Waals surface area contributed by atoms with Crippen molar-refractivity contribution in [2.24, 2.45) is 5.73 Å². The Kier molecular flexibility index (Phi) is 4.40. The Hall–Kier alpha value is -1.20. The van der Waals surface area contributed by atoms with Crippen LogP contribution in [0.4, 0.5) is 0 Å². The monoisotopic (exact) mass is 349 g/mol. The first-order valence-corrected chi connectivity index (χ1v) is 8.31. The van der Waals surface area contributed by atoms with Gasteiger partial charge in [-0.1, -0.05) is 58.9 Å². The summed E-state index contributed by atoms with van der Waals surface area (Å²) in [4.78, 5) is 4.55. The average Bonchev–Trinajstić information content (AvgIpc) is 2.84. The van der Waals surface area contributed by atoms with Crippen LogP contribution in [0.3, 0.4) is 0 Å². The van der Waals surface area contributed by atoms with Crippen LogP contribution in [-0.2, 0) is 12.0 Å². The van der Waals surface area contributed by atoms with Crippen molar-refractivity contribution >= 4 is 15.9 Å². The fourth-order valence-corrected chi connectivity index (χ4v) is 3.15. The predicted molar refractivity (Wildman–Crippen MR) is 84.8 cm³/mol. The minimum absolute atomic E-state index is 0.429. The first-order valence-electron chi connectivity index (χ1n) is 7.52. The van der Waals surface area contributed by atoms with Crippen molar-refractivity contribution in [3.05, 3.63) is 46.0 Å². The van der Waals surface area contributed by atoms with Gasteiger partial charge < -0.3 is 10.3 Å². The second-order valence-corrected chi connectivity index (χ2v) is 6.81. The summed E-state index contributed by atoms with van der Waals surface area (Å²) < 4.78 is 6.53. The van der Waals surface area contributed by atoms with E-state index >= 15 is 0 Å². The van der Waals surface area contributed by atoms with E-state index in [4.69, 9.17) is 10.3 Å². The molecule has 0 radical (unpaired) electrons. The third-order valence-corrected chi connectivity index (χ3v) is 4.69. The quantitative estimate of drug-likeness (QED) is 0.852. The maximum atomic E-state index is 6.50. The summed E-state index contributed by atoms with van der Waals surface area (Å²) in [5.74, 6) is 1.32. The molecular formula is C16H20BrN3O. The molecule has 1 aliphatic carbocycles. The van der Waals surface area contributed by atoms with Crippen molar-refractivity contribution in [3.8, 4) is 0 Å². The summed E-state index contributed by atoms with van der Waals surface area (Å²) >= 11 is 3.44. The highest BCUT2D eigenvalue weighted by Gasteiger charge is 2.34. The van der Waals surface area contributed by atoms with Gasteiger partial charge in [-0.15, -0.1) is 0 Å². The fraction of sp³-hybridized carbons (Fsp3) is 0.500. The molecule has 3 rings (SSSR count). The molecular weight excluding hydrogens is 330 g/mol. The largest absolute Gasteiger partial charge is 0.337 e. The molecule has 4 nitrogen and oxygen atoms in total. The van der Waals surface area contributed by atoms with Gasteiger partial charge in [0, 0.05) is 10.9 Å². The lowest BCUT2D eigenvalue weighted by Crippen LogP contribution is -2.36. The van der Waals surface area contributed by atoms with Gasteiger partial charge in [-0.25, -0.2) is 0 Å². The lowest BCUT2D eigenvalue weighted by atomic mass is 9.91. The van der Waals surface area contributed by atoms with Crippen LogP contribution in [0.15, 0.2) is 33.3 Å². The summed E-state index contributed by atoms with van der Waals surface area (Å²) in [6.45, 7) is 0. The van der Waals surface area contributed by atoms with E-state index in [-0.39, 0.29) is 0 Å². The highest BCUT2D eigenvalue weighted by molar-refractivity contribution is 9.10. The molecule has 1 aromatic heterocycles. The number of aromatic nitrogens is 2. The first kappa shape index (κ1) is 14.7. The molecule has 1 aromatic carbocycles. The average molecular weight is 350 g/mol. The molecule has 21 heavy (non-hydrogen) atoms. The molecule has 0 atom stereocenters. The Bertz CT molecular complexity index is 586. The predicted octanol–water partition coefficient (Wildman–Crippen LogP) is 3.93. The van der Waals surface area contributed by atoms with E-state index in [0.29, 0.717) is 18.1 Å². The van der Waals surface area contributed by atoms with Crippen LogP contribution < -0.4 is 5.73 Å². The van der Waals surface area contributed by atoms with Gasteiger partial charge in [0.15, 0.2) is 5.82 Å². The van der Waals surface area contributed by atoms with Gasteiger partial charge in [0.05, 0.1) is 5.54 Å². The molecule has 2 N–H and O–H groups in total. The Balaban J connectivity index is 1.74. The van der Waals surface area contributed by atoms with Gasteiger partial charge in [0.25, 0.3) is 0 Å². The Morgan fingerprint density at radius 3 is 2.43 bits per heavy atom. The minimum atomic E-state index is -0.429. The smallest absolute Gasteiger partial charge is 0.246 e. The van der Waals surface area contributed by atoms with Gasteiger partial charge in [-0.2, -0.15) is 4.98 Å². The first-order chi connectivity index (χ1) is 10.2. The molecule has 1 saturated carbocycles. The van der Waals surface area contributed by atoms with Gasteiger partial charge in [-0.05, 0) is 30.5 Å². The summed E-state index contributed by atoms with van der Waals surface area (Å²) in [5, 5.41) is 4.11. The van der Waals surface area contributed by atoms with Crippen LogP contribution in [0.25, 0.3) is 0 Å². The van der Waals surface area contributed by atoms with Gasteiger partial charge in [0.2, 0.25) is 5.89 Å². The second kappa shape index (κ2) is 6.28. The SMILES string of the molecule is NC1(c2nc(Cc3ccc(Br)cc3)no2)CCCCCC1. The number of nitrogens with zero attached hydrogens (tertiary/aromatic N) is 2. The summed E-state index contributed by atoms with van der Waals surface area (Å²) in [7, 11) is 0. The maximum Gasteiger partial charge on any atom is 0.246 e. The molecule has 2 aromatic rings. The molecule has 0 unspecified atom stereocenters. The van der Waals surface area contributed by atoms with Crippen LogP contribution in [0.2, 0.25) is 0 Å². The molecule has 0 amide bonds. The molecule has 5 heteroatoms. The summed E-state index contributed by atoms with van der Waals surface area (Å²) in [5.41, 5.74) is 7.24. The van der Waals surface area contributed by atoms with Crippen molar-refractivity contribution in [2.75, 3.05) is 0 Å². The van der Waals surface area contributed by atoms with E-state index in [1.807, 2.05) is 12.1 Å². The van der Waals surface area contributed by atoms with Gasteiger partial charge in [-0.3, -0.25) is 0 Å². The van der Waals surface area contributed by atoms with E-state index in [1.54, 1.807) is 0 Å². The van der Waals surface area contributed by atoms with E-state index in [0.717, 1.165) is 35.7 Å². The molecule has 0 spiro atoms. The van der Waals surface area contributed by atoms with E-state index in [2.05, 4.69) is 38.2 Å². The van der Waals surface area contributed by atoms with Crippen molar-refractivity contribution in [1.29, 1.82) is 0 Å². The van der Waals surface area contributed by atoms with E-state index in [9.17, 15) is 0 Å². The molecule has 1 heterocycles. The van der Waals surface area contributed by atoms with Crippen LogP contribution >= 0.6 is 15.9 Å². The zero-order valence-electron chi connectivity index (χ0n) is 12.0. The van der Waals surface area contributed by atoms with Gasteiger partial charge >= 0.3 is 0 Å². The van der Waals surface area contributed by atoms with Crippen molar-refractivity contribution in [1.82, 2.24) is 10.1 Å². The standard InChI is InChI=1S/C16H20BrN3O/c17-13-7-5-12(6-8-13)11-14-19-15(21-20-14)16(18)9-3-1-2-4-10-16/h5-8H,1-4,9-11,18H2. The third-order valence-electron chi connectivity index (χ3n) is 4.17. The summed E-state index contributed by atoms with van der Waals surface area (Å²) in [6, 6.07) is 8.16. The highest BCUT2D eigenvalue weighted by Crippen LogP contribution is 2.32. The van der Waals surface area contributed by atoms with Crippen molar-refractivity contribution < 1.29 is 4.52 Å². The summed E-state index contributed by atoms with van der Waals surface area (Å²) in [6.07, 6.45) is 7.33. The van der Waals surface area contributed by atoms with E-state index < -0.39 is 5.54 Å². The molecule has 1 aliphatic rings. The van der Waals surface area contributed by atoms with E-state index in [1.165, 1.54) is 12.8 Å². The molecule has 0 saturated heterocycles. The normalized spacial score (nSPS) is 18.4. The zero-order chi connectivity index (χ0) is 14.7. The molecule has 0 bridgehead atoms. The number of rotatable bonds is 3. The Morgan fingerprint density at radius 1 is 1.10 bits per heavy atom. The topological polar surface area (TPSA) is 64.9 Å². The number of benzene rings is 1. The Labute approximate surface area is 133 Å².